The Morgan fingerprint density at radius 2 is 2.23 bits per heavy atom. The zero-order valence-corrected chi connectivity index (χ0v) is 7.94. The monoisotopic (exact) mass is 180 g/mol. The number of methoxy groups -OCH3 is 1. The zero-order valence-electron chi connectivity index (χ0n) is 7.94. The SMILES string of the molecule is COc1ncc(C=O)nc1C(C)C. The Morgan fingerprint density at radius 3 is 2.69 bits per heavy atom. The van der Waals surface area contributed by atoms with E-state index in [2.05, 4.69) is 9.97 Å². The Labute approximate surface area is 77.0 Å². The van der Waals surface area contributed by atoms with Gasteiger partial charge in [0.25, 0.3) is 0 Å². The highest BCUT2D eigenvalue weighted by Crippen LogP contribution is 2.20. The average Bonchev–Trinajstić information content (AvgIpc) is 2.16. The summed E-state index contributed by atoms with van der Waals surface area (Å²) >= 11 is 0. The third kappa shape index (κ3) is 2.02. The Bertz CT molecular complexity index is 310. The van der Waals surface area contributed by atoms with Crippen LogP contribution in [0.1, 0.15) is 35.9 Å². The lowest BCUT2D eigenvalue weighted by molar-refractivity contribution is 0.111. The molecular weight excluding hydrogens is 168 g/mol. The van der Waals surface area contributed by atoms with Crippen LogP contribution < -0.4 is 4.74 Å². The molecule has 0 bridgehead atoms. The quantitative estimate of drug-likeness (QED) is 0.660. The molecule has 4 heteroatoms. The van der Waals surface area contributed by atoms with E-state index in [1.54, 1.807) is 0 Å². The molecule has 0 spiro atoms. The summed E-state index contributed by atoms with van der Waals surface area (Å²) in [6, 6.07) is 0. The lowest BCUT2D eigenvalue weighted by Crippen LogP contribution is -2.03. The first-order chi connectivity index (χ1) is 6.19. The van der Waals surface area contributed by atoms with E-state index < -0.39 is 0 Å². The molecule has 0 aliphatic heterocycles. The van der Waals surface area contributed by atoms with Gasteiger partial charge in [-0.1, -0.05) is 13.8 Å². The van der Waals surface area contributed by atoms with Crippen LogP contribution in [0.4, 0.5) is 0 Å². The summed E-state index contributed by atoms with van der Waals surface area (Å²) < 4.78 is 5.02. The number of aldehydes is 1. The van der Waals surface area contributed by atoms with E-state index in [4.69, 9.17) is 4.74 Å². The van der Waals surface area contributed by atoms with Crippen LogP contribution in [0.15, 0.2) is 6.20 Å². The van der Waals surface area contributed by atoms with E-state index in [0.29, 0.717) is 23.6 Å². The summed E-state index contributed by atoms with van der Waals surface area (Å²) in [5, 5.41) is 0. The van der Waals surface area contributed by atoms with Crippen molar-refractivity contribution in [3.63, 3.8) is 0 Å². The molecule has 1 aromatic heterocycles. The van der Waals surface area contributed by atoms with Gasteiger partial charge in [0.2, 0.25) is 5.88 Å². The minimum Gasteiger partial charge on any atom is -0.480 e. The number of ether oxygens (including phenoxy) is 1. The molecule has 0 aliphatic carbocycles. The van der Waals surface area contributed by atoms with Gasteiger partial charge in [-0.15, -0.1) is 0 Å². The molecule has 1 aromatic rings. The van der Waals surface area contributed by atoms with Crippen molar-refractivity contribution in [2.45, 2.75) is 19.8 Å². The van der Waals surface area contributed by atoms with Crippen molar-refractivity contribution in [3.05, 3.63) is 17.6 Å². The standard InChI is InChI=1S/C9H12N2O2/c1-6(2)8-9(13-3)10-4-7(5-12)11-8/h4-6H,1-3H3. The summed E-state index contributed by atoms with van der Waals surface area (Å²) in [6.07, 6.45) is 2.08. The predicted octanol–water partition coefficient (Wildman–Crippen LogP) is 1.42. The molecule has 1 heterocycles. The van der Waals surface area contributed by atoms with Gasteiger partial charge in [-0.05, 0) is 0 Å². The molecule has 0 aliphatic rings. The lowest BCUT2D eigenvalue weighted by atomic mass is 10.1. The molecule has 0 atom stereocenters. The van der Waals surface area contributed by atoms with Gasteiger partial charge in [-0.2, -0.15) is 0 Å². The third-order valence-corrected chi connectivity index (χ3v) is 1.64. The number of hydrogen-bond donors (Lipinski definition) is 0. The van der Waals surface area contributed by atoms with Gasteiger partial charge in [-0.3, -0.25) is 4.79 Å². The zero-order chi connectivity index (χ0) is 9.84. The average molecular weight is 180 g/mol. The van der Waals surface area contributed by atoms with E-state index in [1.165, 1.54) is 13.3 Å². The molecule has 0 saturated carbocycles. The van der Waals surface area contributed by atoms with Gasteiger partial charge in [0, 0.05) is 5.92 Å². The molecule has 0 radical (unpaired) electrons. The van der Waals surface area contributed by atoms with E-state index >= 15 is 0 Å². The highest BCUT2D eigenvalue weighted by atomic mass is 16.5. The minimum absolute atomic E-state index is 0.197. The molecule has 70 valence electrons. The molecule has 0 unspecified atom stereocenters. The van der Waals surface area contributed by atoms with Gasteiger partial charge in [0.05, 0.1) is 13.3 Å². The highest BCUT2D eigenvalue weighted by molar-refractivity contribution is 5.71. The van der Waals surface area contributed by atoms with Crippen LogP contribution in [0.3, 0.4) is 0 Å². The largest absolute Gasteiger partial charge is 0.480 e. The summed E-state index contributed by atoms with van der Waals surface area (Å²) in [6.45, 7) is 3.95. The maximum atomic E-state index is 10.4. The molecule has 13 heavy (non-hydrogen) atoms. The summed E-state index contributed by atoms with van der Waals surface area (Å²) in [5.41, 5.74) is 1.05. The molecule has 0 amide bonds. The van der Waals surface area contributed by atoms with E-state index in [-0.39, 0.29) is 5.92 Å². The van der Waals surface area contributed by atoms with Gasteiger partial charge in [0.15, 0.2) is 6.29 Å². The molecular formula is C9H12N2O2. The third-order valence-electron chi connectivity index (χ3n) is 1.64. The molecule has 1 rings (SSSR count). The smallest absolute Gasteiger partial charge is 0.235 e. The normalized spacial score (nSPS) is 10.2. The van der Waals surface area contributed by atoms with Crippen LogP contribution in [0, 0.1) is 0 Å². The Hall–Kier alpha value is -1.45. The second-order valence-corrected chi connectivity index (χ2v) is 2.96. The molecule has 0 saturated heterocycles. The number of hydrogen-bond acceptors (Lipinski definition) is 4. The van der Waals surface area contributed by atoms with Crippen molar-refractivity contribution >= 4 is 6.29 Å². The fourth-order valence-corrected chi connectivity index (χ4v) is 0.997. The number of carbonyl (C=O) groups is 1. The van der Waals surface area contributed by atoms with E-state index in [9.17, 15) is 4.79 Å². The topological polar surface area (TPSA) is 52.1 Å². The summed E-state index contributed by atoms with van der Waals surface area (Å²) in [7, 11) is 1.54. The predicted molar refractivity (Wildman–Crippen MR) is 48.1 cm³/mol. The van der Waals surface area contributed by atoms with Crippen LogP contribution in [0.2, 0.25) is 0 Å². The van der Waals surface area contributed by atoms with E-state index in [0.717, 1.165) is 0 Å². The Kier molecular flexibility index (Phi) is 2.95. The summed E-state index contributed by atoms with van der Waals surface area (Å²) in [4.78, 5) is 18.5. The van der Waals surface area contributed by atoms with Gasteiger partial charge in [-0.25, -0.2) is 9.97 Å². The number of nitrogens with zero attached hydrogens (tertiary/aromatic N) is 2. The van der Waals surface area contributed by atoms with Crippen LogP contribution in [0.25, 0.3) is 0 Å². The van der Waals surface area contributed by atoms with Crippen molar-refractivity contribution in [1.29, 1.82) is 0 Å². The maximum absolute atomic E-state index is 10.4. The maximum Gasteiger partial charge on any atom is 0.235 e. The second-order valence-electron chi connectivity index (χ2n) is 2.96. The molecule has 0 fully saturated rings. The Balaban J connectivity index is 3.17. The van der Waals surface area contributed by atoms with Crippen LogP contribution in [-0.4, -0.2) is 23.4 Å². The molecule has 0 aromatic carbocycles. The highest BCUT2D eigenvalue weighted by Gasteiger charge is 2.10. The van der Waals surface area contributed by atoms with Crippen molar-refractivity contribution < 1.29 is 9.53 Å². The van der Waals surface area contributed by atoms with Crippen molar-refractivity contribution in [2.24, 2.45) is 0 Å². The van der Waals surface area contributed by atoms with Crippen molar-refractivity contribution in [2.75, 3.05) is 7.11 Å². The second kappa shape index (κ2) is 3.98. The summed E-state index contributed by atoms with van der Waals surface area (Å²) in [5.74, 6) is 0.683. The fourth-order valence-electron chi connectivity index (χ4n) is 0.997. The number of rotatable bonds is 3. The number of aromatic nitrogens is 2. The molecule has 0 N–H and O–H groups in total. The first kappa shape index (κ1) is 9.64. The van der Waals surface area contributed by atoms with Gasteiger partial charge in [0.1, 0.15) is 11.4 Å². The molecule has 4 nitrogen and oxygen atoms in total. The van der Waals surface area contributed by atoms with Crippen molar-refractivity contribution in [3.8, 4) is 5.88 Å². The lowest BCUT2D eigenvalue weighted by Gasteiger charge is -2.08. The minimum atomic E-state index is 0.197. The van der Waals surface area contributed by atoms with Crippen LogP contribution >= 0.6 is 0 Å². The van der Waals surface area contributed by atoms with Gasteiger partial charge >= 0.3 is 0 Å². The van der Waals surface area contributed by atoms with E-state index in [1.807, 2.05) is 13.8 Å². The van der Waals surface area contributed by atoms with Crippen LogP contribution in [0.5, 0.6) is 5.88 Å². The number of carbonyl (C=O) groups excluding carboxylic acids is 1. The van der Waals surface area contributed by atoms with Crippen molar-refractivity contribution in [1.82, 2.24) is 9.97 Å². The Morgan fingerprint density at radius 1 is 1.54 bits per heavy atom. The first-order valence-corrected chi connectivity index (χ1v) is 4.05. The fraction of sp³-hybridized carbons (Fsp3) is 0.444. The van der Waals surface area contributed by atoms with Gasteiger partial charge < -0.3 is 4.74 Å². The van der Waals surface area contributed by atoms with Crippen LogP contribution in [-0.2, 0) is 0 Å². The first-order valence-electron chi connectivity index (χ1n) is 4.05.